The Morgan fingerprint density at radius 1 is 1.67 bits per heavy atom. The molecule has 2 rings (SSSR count). The van der Waals surface area contributed by atoms with Crippen LogP contribution < -0.4 is 0 Å². The molecule has 1 fully saturated rings. The molecular formula is C10H16N2OS2. The monoisotopic (exact) mass is 244 g/mol. The van der Waals surface area contributed by atoms with Crippen LogP contribution in [0.2, 0.25) is 0 Å². The summed E-state index contributed by atoms with van der Waals surface area (Å²) < 4.78 is 1.98. The molecule has 0 spiro atoms. The molecule has 1 aliphatic heterocycles. The molecule has 2 atom stereocenters. The van der Waals surface area contributed by atoms with Crippen molar-refractivity contribution >= 4 is 23.5 Å². The molecule has 1 N–H and O–H groups in total. The van der Waals surface area contributed by atoms with Crippen molar-refractivity contribution in [2.75, 3.05) is 17.3 Å². The van der Waals surface area contributed by atoms with Crippen molar-refractivity contribution in [3.8, 4) is 0 Å². The maximum absolute atomic E-state index is 10.1. The van der Waals surface area contributed by atoms with E-state index >= 15 is 0 Å². The molecule has 0 aromatic carbocycles. The maximum atomic E-state index is 10.1. The van der Waals surface area contributed by atoms with Gasteiger partial charge < -0.3 is 9.67 Å². The van der Waals surface area contributed by atoms with Gasteiger partial charge in [-0.2, -0.15) is 23.5 Å². The zero-order valence-corrected chi connectivity index (χ0v) is 10.4. The first-order valence-electron chi connectivity index (χ1n) is 5.11. The second-order valence-corrected chi connectivity index (χ2v) is 6.21. The van der Waals surface area contributed by atoms with E-state index in [9.17, 15) is 5.11 Å². The van der Waals surface area contributed by atoms with E-state index in [2.05, 4.69) is 4.98 Å². The fourth-order valence-corrected chi connectivity index (χ4v) is 4.41. The van der Waals surface area contributed by atoms with E-state index < -0.39 is 0 Å². The topological polar surface area (TPSA) is 38.0 Å². The zero-order valence-electron chi connectivity index (χ0n) is 8.80. The van der Waals surface area contributed by atoms with Crippen molar-refractivity contribution in [3.05, 3.63) is 18.2 Å². The lowest BCUT2D eigenvalue weighted by atomic mass is 10.2. The number of imidazole rings is 1. The Balaban J connectivity index is 1.91. The minimum absolute atomic E-state index is 0.260. The van der Waals surface area contributed by atoms with Crippen LogP contribution in [0.3, 0.4) is 0 Å². The molecule has 0 radical (unpaired) electrons. The Morgan fingerprint density at radius 2 is 2.53 bits per heavy atom. The van der Waals surface area contributed by atoms with Crippen molar-refractivity contribution < 1.29 is 5.11 Å². The van der Waals surface area contributed by atoms with Crippen LogP contribution in [0.25, 0.3) is 0 Å². The molecule has 0 aliphatic carbocycles. The first-order valence-corrected chi connectivity index (χ1v) is 7.31. The third kappa shape index (κ3) is 2.92. The lowest BCUT2D eigenvalue weighted by Crippen LogP contribution is -2.31. The smallest absolute Gasteiger partial charge is 0.110 e. The number of hydrogen-bond donors (Lipinski definition) is 1. The quantitative estimate of drug-likeness (QED) is 0.866. The number of nitrogens with zero attached hydrogens (tertiary/aromatic N) is 2. The molecule has 2 unspecified atom stereocenters. The predicted octanol–water partition coefficient (Wildman–Crippen LogP) is 1.17. The van der Waals surface area contributed by atoms with Crippen molar-refractivity contribution in [3.63, 3.8) is 0 Å². The predicted molar refractivity (Wildman–Crippen MR) is 66.5 cm³/mol. The molecule has 0 bridgehead atoms. The van der Waals surface area contributed by atoms with Gasteiger partial charge in [-0.05, 0) is 0 Å². The number of aliphatic hydroxyl groups is 1. The van der Waals surface area contributed by atoms with E-state index in [4.69, 9.17) is 0 Å². The number of aliphatic hydroxyl groups excluding tert-OH is 1. The van der Waals surface area contributed by atoms with Gasteiger partial charge in [-0.25, -0.2) is 4.98 Å². The molecule has 1 aromatic rings. The third-order valence-corrected chi connectivity index (χ3v) is 5.49. The summed E-state index contributed by atoms with van der Waals surface area (Å²) >= 11 is 3.83. The molecule has 0 amide bonds. The molecule has 1 aliphatic rings. The van der Waals surface area contributed by atoms with Crippen LogP contribution in [-0.4, -0.2) is 43.3 Å². The van der Waals surface area contributed by atoms with Gasteiger partial charge in [0.25, 0.3) is 0 Å². The summed E-state index contributed by atoms with van der Waals surface area (Å²) in [7, 11) is 1.97. The number of hydrogen-bond acceptors (Lipinski definition) is 4. The molecular weight excluding hydrogens is 228 g/mol. The van der Waals surface area contributed by atoms with Gasteiger partial charge in [0.15, 0.2) is 0 Å². The second-order valence-electron chi connectivity index (χ2n) is 3.71. The van der Waals surface area contributed by atoms with Crippen molar-refractivity contribution in [2.24, 2.45) is 7.05 Å². The highest BCUT2D eigenvalue weighted by molar-refractivity contribution is 8.06. The average Bonchev–Trinajstić information content (AvgIpc) is 2.66. The fourth-order valence-electron chi connectivity index (χ4n) is 1.64. The summed E-state index contributed by atoms with van der Waals surface area (Å²) in [5, 5.41) is 10.5. The summed E-state index contributed by atoms with van der Waals surface area (Å²) in [6, 6.07) is 0. The number of rotatable bonds is 3. The summed E-state index contributed by atoms with van der Waals surface area (Å²) in [6.45, 7) is 0. The Bertz CT molecular complexity index is 310. The molecule has 3 nitrogen and oxygen atoms in total. The first kappa shape index (κ1) is 11.4. The first-order chi connectivity index (χ1) is 7.27. The normalized spacial score (nSPS) is 24.0. The maximum Gasteiger partial charge on any atom is 0.110 e. The molecule has 84 valence electrons. The molecule has 15 heavy (non-hydrogen) atoms. The second kappa shape index (κ2) is 5.27. The van der Waals surface area contributed by atoms with Crippen LogP contribution in [0, 0.1) is 0 Å². The van der Waals surface area contributed by atoms with Crippen LogP contribution in [0.5, 0.6) is 0 Å². The van der Waals surface area contributed by atoms with Crippen LogP contribution in [0.15, 0.2) is 12.4 Å². The molecule has 1 aromatic heterocycles. The van der Waals surface area contributed by atoms with Crippen LogP contribution >= 0.6 is 23.5 Å². The molecule has 5 heteroatoms. The Hall–Kier alpha value is -0.130. The van der Waals surface area contributed by atoms with Gasteiger partial charge in [0, 0.05) is 48.4 Å². The van der Waals surface area contributed by atoms with Crippen molar-refractivity contribution in [1.82, 2.24) is 9.55 Å². The van der Waals surface area contributed by atoms with Gasteiger partial charge in [0.1, 0.15) is 5.82 Å². The van der Waals surface area contributed by atoms with Gasteiger partial charge in [0.05, 0.1) is 6.10 Å². The Morgan fingerprint density at radius 3 is 3.13 bits per heavy atom. The van der Waals surface area contributed by atoms with Gasteiger partial charge in [-0.15, -0.1) is 0 Å². The zero-order chi connectivity index (χ0) is 10.7. The molecule has 0 saturated carbocycles. The highest BCUT2D eigenvalue weighted by atomic mass is 32.2. The summed E-state index contributed by atoms with van der Waals surface area (Å²) in [5.41, 5.74) is 0. The minimum atomic E-state index is -0.260. The van der Waals surface area contributed by atoms with Gasteiger partial charge in [-0.1, -0.05) is 0 Å². The minimum Gasteiger partial charge on any atom is -0.391 e. The fraction of sp³-hybridized carbons (Fsp3) is 0.700. The van der Waals surface area contributed by atoms with Crippen molar-refractivity contribution in [2.45, 2.75) is 17.8 Å². The Labute approximate surface area is 98.7 Å². The Kier molecular flexibility index (Phi) is 3.99. The third-order valence-electron chi connectivity index (χ3n) is 2.58. The van der Waals surface area contributed by atoms with Crippen LogP contribution in [0.4, 0.5) is 0 Å². The van der Waals surface area contributed by atoms with Crippen molar-refractivity contribution in [1.29, 1.82) is 0 Å². The average molecular weight is 244 g/mol. The van der Waals surface area contributed by atoms with E-state index in [1.165, 1.54) is 5.75 Å². The number of thioether (sulfide) groups is 2. The SMILES string of the molecule is Cn1ccnc1CC(O)C1CSCCS1. The lowest BCUT2D eigenvalue weighted by molar-refractivity contribution is 0.174. The number of aromatic nitrogens is 2. The summed E-state index contributed by atoms with van der Waals surface area (Å²) in [4.78, 5) is 4.24. The highest BCUT2D eigenvalue weighted by Crippen LogP contribution is 2.27. The summed E-state index contributed by atoms with van der Waals surface area (Å²) in [5.74, 6) is 4.41. The van der Waals surface area contributed by atoms with E-state index in [0.29, 0.717) is 11.7 Å². The molecule has 1 saturated heterocycles. The van der Waals surface area contributed by atoms with E-state index in [0.717, 1.165) is 17.3 Å². The van der Waals surface area contributed by atoms with E-state index in [1.54, 1.807) is 6.20 Å². The highest BCUT2D eigenvalue weighted by Gasteiger charge is 2.23. The summed E-state index contributed by atoms with van der Waals surface area (Å²) in [6.07, 6.45) is 4.11. The lowest BCUT2D eigenvalue weighted by Gasteiger charge is -2.25. The van der Waals surface area contributed by atoms with Gasteiger partial charge in [-0.3, -0.25) is 0 Å². The number of aryl methyl sites for hydroxylation is 1. The van der Waals surface area contributed by atoms with E-state index in [-0.39, 0.29) is 6.10 Å². The van der Waals surface area contributed by atoms with Gasteiger partial charge in [0.2, 0.25) is 0 Å². The van der Waals surface area contributed by atoms with Crippen LogP contribution in [-0.2, 0) is 13.5 Å². The largest absolute Gasteiger partial charge is 0.391 e. The standard InChI is InChI=1S/C10H16N2OS2/c1-12-3-2-11-10(12)6-8(13)9-7-14-4-5-15-9/h2-3,8-9,13H,4-7H2,1H3. The van der Waals surface area contributed by atoms with Crippen LogP contribution in [0.1, 0.15) is 5.82 Å². The van der Waals surface area contributed by atoms with Gasteiger partial charge >= 0.3 is 0 Å². The van der Waals surface area contributed by atoms with E-state index in [1.807, 2.05) is 41.3 Å². The molecule has 2 heterocycles.